The minimum absolute atomic E-state index is 0. The second kappa shape index (κ2) is 8.23. The Balaban J connectivity index is 0.00000324. The van der Waals surface area contributed by atoms with Crippen LogP contribution in [0.5, 0.6) is 0 Å². The predicted molar refractivity (Wildman–Crippen MR) is 79.7 cm³/mol. The molecule has 1 unspecified atom stereocenters. The van der Waals surface area contributed by atoms with Gasteiger partial charge in [0, 0.05) is 6.54 Å². The van der Waals surface area contributed by atoms with Crippen LogP contribution in [0.25, 0.3) is 0 Å². The summed E-state index contributed by atoms with van der Waals surface area (Å²) in [5, 5.41) is 2.49. The fraction of sp³-hybridized carbons (Fsp3) is 0.417. The number of benzene rings is 1. The van der Waals surface area contributed by atoms with Crippen molar-refractivity contribution in [3.8, 4) is 0 Å². The van der Waals surface area contributed by atoms with Crippen molar-refractivity contribution < 1.29 is 13.2 Å². The molecular weight excluding hydrogens is 327 g/mol. The van der Waals surface area contributed by atoms with Gasteiger partial charge in [0.15, 0.2) is 0 Å². The Bertz CT molecular complexity index is 500. The van der Waals surface area contributed by atoms with Crippen LogP contribution in [-0.4, -0.2) is 38.9 Å². The van der Waals surface area contributed by atoms with Gasteiger partial charge in [0.05, 0.1) is 4.90 Å². The van der Waals surface area contributed by atoms with Crippen molar-refractivity contribution in [3.63, 3.8) is 0 Å². The fourth-order valence-corrected chi connectivity index (χ4v) is 2.24. The van der Waals surface area contributed by atoms with Gasteiger partial charge in [-0.25, -0.2) is 17.9 Å². The second-order valence-corrected chi connectivity index (χ2v) is 5.71. The molecule has 2 amide bonds. The first-order valence-electron chi connectivity index (χ1n) is 5.83. The fourth-order valence-electron chi connectivity index (χ4n) is 1.31. The van der Waals surface area contributed by atoms with Crippen molar-refractivity contribution in [2.45, 2.75) is 31.6 Å². The topological polar surface area (TPSA) is 75.3 Å². The van der Waals surface area contributed by atoms with Crippen LogP contribution in [0.1, 0.15) is 25.3 Å². The molecule has 1 aromatic carbocycles. The number of aryl methyl sites for hydroxylation is 1. The van der Waals surface area contributed by atoms with E-state index in [0.29, 0.717) is 6.54 Å². The normalized spacial score (nSPS) is 10.4. The maximum absolute atomic E-state index is 11.8. The number of carbonyl (C=O) groups is 1. The summed E-state index contributed by atoms with van der Waals surface area (Å²) in [6, 6.07) is 5.62. The summed E-state index contributed by atoms with van der Waals surface area (Å²) in [4.78, 5) is 11.5. The molecule has 0 aliphatic carbocycles. The average molecular weight is 348 g/mol. The number of amides is 2. The predicted octanol–water partition coefficient (Wildman–Crippen LogP) is 0.599. The Morgan fingerprint density at radius 2 is 1.79 bits per heavy atom. The molecule has 5 nitrogen and oxygen atoms in total. The summed E-state index contributed by atoms with van der Waals surface area (Å²) in [6.45, 7) is 4.32. The molecule has 0 spiro atoms. The maximum atomic E-state index is 11.8. The molecule has 0 saturated heterocycles. The molecule has 0 bridgehead atoms. The van der Waals surface area contributed by atoms with E-state index in [1.807, 2.05) is 18.6 Å². The monoisotopic (exact) mass is 348 g/mol. The van der Waals surface area contributed by atoms with E-state index in [-0.39, 0.29) is 22.8 Å². The van der Waals surface area contributed by atoms with E-state index in [0.717, 1.165) is 18.4 Å². The molecule has 2 N–H and O–H groups in total. The number of unbranched alkanes of at least 4 members (excludes halogenated alkanes) is 1. The Morgan fingerprint density at radius 3 is 2.32 bits per heavy atom. The molecule has 1 atom stereocenters. The zero-order valence-corrected chi connectivity index (χ0v) is 15.1. The Labute approximate surface area is 125 Å². The van der Waals surface area contributed by atoms with E-state index < -0.39 is 16.1 Å². The number of carbonyl (C=O) groups excluding carboxylic acids is 1. The molecule has 19 heavy (non-hydrogen) atoms. The Kier molecular flexibility index (Phi) is 7.79. The summed E-state index contributed by atoms with van der Waals surface area (Å²) >= 11 is 0. The van der Waals surface area contributed by atoms with Gasteiger partial charge in [0.2, 0.25) is 0 Å². The van der Waals surface area contributed by atoms with Crippen LogP contribution >= 0.6 is 0 Å². The van der Waals surface area contributed by atoms with E-state index in [1.54, 1.807) is 12.1 Å². The molecule has 108 valence electrons. The van der Waals surface area contributed by atoms with Crippen molar-refractivity contribution in [2.75, 3.05) is 6.54 Å². The molecule has 1 aromatic rings. The summed E-state index contributed by atoms with van der Waals surface area (Å²) in [7, 11) is -3.78. The molecule has 0 aliphatic heterocycles. The SMILES string of the molecule is CCCCNC(=O)NS(=O)(=O)c1ccc(C)cc1.[AsH3]. The van der Waals surface area contributed by atoms with E-state index in [4.69, 9.17) is 0 Å². The second-order valence-electron chi connectivity index (χ2n) is 4.03. The molecule has 0 heterocycles. The molecule has 0 aliphatic rings. The number of nitrogens with one attached hydrogen (secondary N) is 2. The van der Waals surface area contributed by atoms with Crippen LogP contribution in [0.3, 0.4) is 0 Å². The molecule has 0 fully saturated rings. The summed E-state index contributed by atoms with van der Waals surface area (Å²) in [5.74, 6) is 0. The molecule has 0 saturated carbocycles. The zero-order valence-electron chi connectivity index (χ0n) is 11.3. The first kappa shape index (κ1) is 18.0. The number of hydrogen-bond donors (Lipinski definition) is 2. The molecule has 1 rings (SSSR count). The third-order valence-corrected chi connectivity index (χ3v) is 3.72. The number of sulfonamides is 1. The van der Waals surface area contributed by atoms with Crippen LogP contribution in [-0.2, 0) is 10.0 Å². The minimum atomic E-state index is -3.78. The van der Waals surface area contributed by atoms with Crippen LogP contribution < -0.4 is 10.0 Å². The Hall–Kier alpha value is -1.00. The van der Waals surface area contributed by atoms with Gasteiger partial charge in [-0.1, -0.05) is 31.0 Å². The average Bonchev–Trinajstić information content (AvgIpc) is 2.29. The quantitative estimate of drug-likeness (QED) is 0.604. The molecular formula is C12H21AsN2O3S. The van der Waals surface area contributed by atoms with Gasteiger partial charge in [-0.15, -0.1) is 0 Å². The van der Waals surface area contributed by atoms with E-state index >= 15 is 0 Å². The van der Waals surface area contributed by atoms with Gasteiger partial charge in [0.1, 0.15) is 0 Å². The van der Waals surface area contributed by atoms with Crippen LogP contribution in [0.4, 0.5) is 4.79 Å². The third-order valence-electron chi connectivity index (χ3n) is 2.37. The summed E-state index contributed by atoms with van der Waals surface area (Å²) in [6.07, 6.45) is 1.75. The van der Waals surface area contributed by atoms with Crippen LogP contribution in [0.2, 0.25) is 0 Å². The summed E-state index contributed by atoms with van der Waals surface area (Å²) < 4.78 is 25.6. The van der Waals surface area contributed by atoms with Crippen molar-refractivity contribution in [1.82, 2.24) is 10.0 Å². The molecule has 7 heteroatoms. The van der Waals surface area contributed by atoms with E-state index in [9.17, 15) is 13.2 Å². The van der Waals surface area contributed by atoms with Crippen LogP contribution in [0, 0.1) is 6.92 Å². The standard InChI is InChI=1S/C12H18N2O3S.AsH3/c1-3-4-9-13-12(15)14-18(16,17)11-7-5-10(2)6-8-11;/h5-8H,3-4,9H2,1-2H3,(H2,13,14,15);1H3. The van der Waals surface area contributed by atoms with Crippen molar-refractivity contribution >= 4 is 34.0 Å². The van der Waals surface area contributed by atoms with Gasteiger partial charge >= 0.3 is 24.0 Å². The Morgan fingerprint density at radius 1 is 1.21 bits per heavy atom. The first-order chi connectivity index (χ1) is 8.45. The number of rotatable bonds is 5. The van der Waals surface area contributed by atoms with Gasteiger partial charge in [-0.05, 0) is 25.5 Å². The zero-order chi connectivity index (χ0) is 13.6. The van der Waals surface area contributed by atoms with Gasteiger partial charge in [0.25, 0.3) is 10.0 Å². The van der Waals surface area contributed by atoms with Gasteiger partial charge in [-0.3, -0.25) is 0 Å². The molecule has 0 radical (unpaired) electrons. The summed E-state index contributed by atoms with van der Waals surface area (Å²) in [5.41, 5.74) is 0.960. The van der Waals surface area contributed by atoms with Gasteiger partial charge < -0.3 is 5.32 Å². The van der Waals surface area contributed by atoms with Crippen molar-refractivity contribution in [3.05, 3.63) is 29.8 Å². The van der Waals surface area contributed by atoms with Gasteiger partial charge in [-0.2, -0.15) is 0 Å². The molecule has 0 aromatic heterocycles. The number of urea groups is 1. The third kappa shape index (κ3) is 6.12. The van der Waals surface area contributed by atoms with Crippen molar-refractivity contribution in [2.24, 2.45) is 0 Å². The van der Waals surface area contributed by atoms with Crippen LogP contribution in [0.15, 0.2) is 29.2 Å². The van der Waals surface area contributed by atoms with E-state index in [1.165, 1.54) is 12.1 Å². The van der Waals surface area contributed by atoms with E-state index in [2.05, 4.69) is 5.32 Å². The number of hydrogen-bond acceptors (Lipinski definition) is 3. The first-order valence-corrected chi connectivity index (χ1v) is 7.31. The van der Waals surface area contributed by atoms with Crippen molar-refractivity contribution in [1.29, 1.82) is 0 Å².